The molecule has 0 radical (unpaired) electrons. The van der Waals surface area contributed by atoms with Gasteiger partial charge < -0.3 is 24.4 Å². The van der Waals surface area contributed by atoms with Gasteiger partial charge in [0.05, 0.1) is 31.7 Å². The fourth-order valence-corrected chi connectivity index (χ4v) is 4.32. The van der Waals surface area contributed by atoms with Crippen LogP contribution in [0.15, 0.2) is 48.5 Å². The van der Waals surface area contributed by atoms with Crippen LogP contribution < -0.4 is 10.1 Å². The maximum absolute atomic E-state index is 12.8. The largest absolute Gasteiger partial charge is 0.457 e. The summed E-state index contributed by atoms with van der Waals surface area (Å²) in [4.78, 5) is 40.3. The van der Waals surface area contributed by atoms with E-state index in [-0.39, 0.29) is 36.9 Å². The van der Waals surface area contributed by atoms with E-state index < -0.39 is 6.09 Å². The van der Waals surface area contributed by atoms with Crippen molar-refractivity contribution in [2.45, 2.75) is 25.2 Å². The van der Waals surface area contributed by atoms with Crippen LogP contribution in [0, 0.1) is 0 Å². The Labute approximate surface area is 191 Å². The highest BCUT2D eigenvalue weighted by molar-refractivity contribution is 5.83. The van der Waals surface area contributed by atoms with Gasteiger partial charge in [-0.25, -0.2) is 4.79 Å². The fraction of sp³-hybridized carbons (Fsp3) is 0.375. The van der Waals surface area contributed by atoms with Gasteiger partial charge in [0, 0.05) is 13.1 Å². The second-order valence-electron chi connectivity index (χ2n) is 8.43. The van der Waals surface area contributed by atoms with Gasteiger partial charge >= 0.3 is 6.09 Å². The SMILES string of the molecule is O=C1Cc2cccc(c2)Oc2cccc(c2)CO[C@H]2CN(C(=O)CN3CCOC3=O)C[C@@H]2N1. The molecule has 33 heavy (non-hydrogen) atoms. The molecule has 0 aliphatic carbocycles. The molecule has 3 aliphatic rings. The zero-order chi connectivity index (χ0) is 22.8. The van der Waals surface area contributed by atoms with Gasteiger partial charge in [-0.05, 0) is 35.4 Å². The van der Waals surface area contributed by atoms with Crippen LogP contribution in [0.3, 0.4) is 0 Å². The van der Waals surface area contributed by atoms with E-state index in [4.69, 9.17) is 14.2 Å². The van der Waals surface area contributed by atoms with E-state index in [0.29, 0.717) is 44.3 Å². The van der Waals surface area contributed by atoms with E-state index >= 15 is 0 Å². The van der Waals surface area contributed by atoms with Crippen LogP contribution in [0.1, 0.15) is 11.1 Å². The van der Waals surface area contributed by atoms with Crippen LogP contribution in [0.4, 0.5) is 4.79 Å². The van der Waals surface area contributed by atoms with Crippen LogP contribution >= 0.6 is 0 Å². The first kappa shape index (κ1) is 21.3. The molecular weight excluding hydrogens is 426 g/mol. The molecule has 9 nitrogen and oxygen atoms in total. The van der Waals surface area contributed by atoms with E-state index in [0.717, 1.165) is 11.1 Å². The number of cyclic esters (lactones) is 1. The lowest BCUT2D eigenvalue weighted by atomic mass is 10.1. The number of carbonyl (C=O) groups excluding carboxylic acids is 3. The highest BCUT2D eigenvalue weighted by atomic mass is 16.6. The summed E-state index contributed by atoms with van der Waals surface area (Å²) in [6, 6.07) is 14.7. The molecule has 0 aromatic heterocycles. The maximum Gasteiger partial charge on any atom is 0.410 e. The lowest BCUT2D eigenvalue weighted by molar-refractivity contribution is -0.131. The number of hydrogen-bond acceptors (Lipinski definition) is 6. The van der Waals surface area contributed by atoms with E-state index in [1.165, 1.54) is 4.90 Å². The third-order valence-corrected chi connectivity index (χ3v) is 6.00. The monoisotopic (exact) mass is 451 g/mol. The van der Waals surface area contributed by atoms with Crippen molar-refractivity contribution in [2.75, 3.05) is 32.8 Å². The summed E-state index contributed by atoms with van der Waals surface area (Å²) in [5.74, 6) is 0.998. The summed E-state index contributed by atoms with van der Waals surface area (Å²) in [7, 11) is 0. The summed E-state index contributed by atoms with van der Waals surface area (Å²) in [6.07, 6.45) is -0.661. The van der Waals surface area contributed by atoms with Crippen molar-refractivity contribution in [3.63, 3.8) is 0 Å². The second-order valence-corrected chi connectivity index (χ2v) is 8.43. The molecule has 9 heteroatoms. The Bertz CT molecular complexity index is 1070. The number of likely N-dealkylation sites (tertiary alicyclic amines) is 1. The lowest BCUT2D eigenvalue weighted by Gasteiger charge is -2.21. The molecule has 2 aromatic rings. The average Bonchev–Trinajstić information content (AvgIpc) is 3.38. The van der Waals surface area contributed by atoms with Crippen molar-refractivity contribution in [3.05, 3.63) is 59.7 Å². The van der Waals surface area contributed by atoms with E-state index in [1.807, 2.05) is 48.5 Å². The Balaban J connectivity index is 1.35. The highest BCUT2D eigenvalue weighted by Crippen LogP contribution is 2.25. The van der Waals surface area contributed by atoms with Gasteiger partial charge in [0.15, 0.2) is 0 Å². The summed E-state index contributed by atoms with van der Waals surface area (Å²) >= 11 is 0. The lowest BCUT2D eigenvalue weighted by Crippen LogP contribution is -2.45. The zero-order valence-corrected chi connectivity index (χ0v) is 18.1. The summed E-state index contributed by atoms with van der Waals surface area (Å²) < 4.78 is 17.0. The van der Waals surface area contributed by atoms with Crippen molar-refractivity contribution in [1.29, 1.82) is 0 Å². The minimum atomic E-state index is -0.477. The van der Waals surface area contributed by atoms with Crippen molar-refractivity contribution >= 4 is 17.9 Å². The molecule has 3 amide bonds. The molecule has 2 fully saturated rings. The van der Waals surface area contributed by atoms with Gasteiger partial charge in [0.1, 0.15) is 24.7 Å². The number of fused-ring (bicyclic) bond motifs is 5. The first-order valence-corrected chi connectivity index (χ1v) is 11.0. The molecule has 2 atom stereocenters. The molecule has 0 unspecified atom stereocenters. The van der Waals surface area contributed by atoms with Crippen molar-refractivity contribution in [2.24, 2.45) is 0 Å². The third kappa shape index (κ3) is 4.93. The number of benzene rings is 2. The molecule has 3 aliphatic heterocycles. The minimum Gasteiger partial charge on any atom is -0.457 e. The molecule has 5 rings (SSSR count). The number of nitrogens with one attached hydrogen (secondary N) is 1. The molecule has 3 heterocycles. The highest BCUT2D eigenvalue weighted by Gasteiger charge is 2.38. The third-order valence-electron chi connectivity index (χ3n) is 6.00. The predicted molar refractivity (Wildman–Crippen MR) is 117 cm³/mol. The molecule has 2 aromatic carbocycles. The van der Waals surface area contributed by atoms with E-state index in [2.05, 4.69) is 5.32 Å². The molecular formula is C24H25N3O6. The van der Waals surface area contributed by atoms with Crippen LogP contribution in [-0.4, -0.2) is 72.6 Å². The smallest absolute Gasteiger partial charge is 0.410 e. The molecule has 1 N–H and O–H groups in total. The fourth-order valence-electron chi connectivity index (χ4n) is 4.32. The predicted octanol–water partition coefficient (Wildman–Crippen LogP) is 1.70. The number of hydrogen-bond donors (Lipinski definition) is 1. The van der Waals surface area contributed by atoms with Crippen LogP contribution in [0.2, 0.25) is 0 Å². The topological polar surface area (TPSA) is 97.4 Å². The normalized spacial score (nSPS) is 22.7. The standard InChI is InChI=1S/C24H25N3O6/c28-22-11-16-3-1-5-18(9-16)33-19-6-2-4-17(10-19)15-32-21-13-27(12-20(21)25-22)23(29)14-26-7-8-31-24(26)30/h1-6,9-10,20-21H,7-8,11-15H2,(H,25,28)/t20-,21-/m0/s1. The van der Waals surface area contributed by atoms with Crippen molar-refractivity contribution in [3.8, 4) is 11.5 Å². The Morgan fingerprint density at radius 1 is 1.03 bits per heavy atom. The first-order valence-electron chi connectivity index (χ1n) is 11.0. The number of carbonyl (C=O) groups is 3. The number of ether oxygens (including phenoxy) is 3. The Morgan fingerprint density at radius 3 is 2.55 bits per heavy atom. The van der Waals surface area contributed by atoms with Crippen LogP contribution in [0.5, 0.6) is 11.5 Å². The average molecular weight is 451 g/mol. The number of rotatable bonds is 2. The summed E-state index contributed by atoms with van der Waals surface area (Å²) in [5, 5.41) is 3.03. The second kappa shape index (κ2) is 9.11. The van der Waals surface area contributed by atoms with Gasteiger partial charge in [-0.1, -0.05) is 24.3 Å². The van der Waals surface area contributed by atoms with Gasteiger partial charge in [-0.2, -0.15) is 0 Å². The zero-order valence-electron chi connectivity index (χ0n) is 18.1. The van der Waals surface area contributed by atoms with E-state index in [1.54, 1.807) is 4.90 Å². The number of nitrogens with zero attached hydrogens (tertiary/aromatic N) is 2. The van der Waals surface area contributed by atoms with Crippen LogP contribution in [-0.2, 0) is 32.1 Å². The summed E-state index contributed by atoms with van der Waals surface area (Å²) in [6.45, 7) is 1.61. The minimum absolute atomic E-state index is 0.0433. The van der Waals surface area contributed by atoms with E-state index in [9.17, 15) is 14.4 Å². The molecule has 0 saturated carbocycles. The Morgan fingerprint density at radius 2 is 1.79 bits per heavy atom. The number of amides is 3. The van der Waals surface area contributed by atoms with Gasteiger partial charge in [0.2, 0.25) is 11.8 Å². The molecule has 172 valence electrons. The summed E-state index contributed by atoms with van der Waals surface area (Å²) in [5.41, 5.74) is 1.75. The quantitative estimate of drug-likeness (QED) is 0.747. The Hall–Kier alpha value is -3.59. The van der Waals surface area contributed by atoms with Gasteiger partial charge in [-0.15, -0.1) is 0 Å². The molecule has 0 spiro atoms. The maximum atomic E-state index is 12.8. The van der Waals surface area contributed by atoms with Crippen LogP contribution in [0.25, 0.3) is 0 Å². The molecule has 2 saturated heterocycles. The van der Waals surface area contributed by atoms with Gasteiger partial charge in [0.25, 0.3) is 0 Å². The first-order chi connectivity index (χ1) is 16.0. The Kier molecular flexibility index (Phi) is 5.87. The van der Waals surface area contributed by atoms with Crippen molar-refractivity contribution < 1.29 is 28.6 Å². The van der Waals surface area contributed by atoms with Gasteiger partial charge in [-0.3, -0.25) is 14.5 Å². The van der Waals surface area contributed by atoms with Crippen molar-refractivity contribution in [1.82, 2.24) is 15.1 Å². The molecule has 4 bridgehead atoms.